The summed E-state index contributed by atoms with van der Waals surface area (Å²) in [6.45, 7) is 0. The Morgan fingerprint density at radius 3 is 2.67 bits per heavy atom. The highest BCUT2D eigenvalue weighted by Gasteiger charge is 2.13. The van der Waals surface area contributed by atoms with E-state index in [1.807, 2.05) is 0 Å². The maximum atomic E-state index is 10.3. The van der Waals surface area contributed by atoms with Gasteiger partial charge >= 0.3 is 0 Å². The van der Waals surface area contributed by atoms with Gasteiger partial charge in [-0.05, 0) is 15.9 Å². The molecule has 0 radical (unpaired) electrons. The van der Waals surface area contributed by atoms with Gasteiger partial charge in [-0.15, -0.1) is 0 Å². The number of nitrogens with two attached hydrogens (primary N) is 1. The summed E-state index contributed by atoms with van der Waals surface area (Å²) >= 11 is 2.94. The van der Waals surface area contributed by atoms with Crippen LogP contribution in [0.25, 0.3) is 0 Å². The molecular weight excluding hydrogens is 228 g/mol. The first-order chi connectivity index (χ1) is 5.52. The number of benzene rings is 1. The SMILES string of the molecule is Nc1cc(O)c(Br)cc1[N+](=O)[O-]. The first-order valence-corrected chi connectivity index (χ1v) is 3.74. The van der Waals surface area contributed by atoms with Gasteiger partial charge in [0, 0.05) is 12.1 Å². The molecule has 5 nitrogen and oxygen atoms in total. The highest BCUT2D eigenvalue weighted by atomic mass is 79.9. The highest BCUT2D eigenvalue weighted by molar-refractivity contribution is 9.10. The molecule has 1 rings (SSSR count). The average molecular weight is 233 g/mol. The minimum atomic E-state index is -0.612. The van der Waals surface area contributed by atoms with Crippen LogP contribution in [0.3, 0.4) is 0 Å². The van der Waals surface area contributed by atoms with Crippen LogP contribution in [-0.2, 0) is 0 Å². The molecule has 0 saturated carbocycles. The summed E-state index contributed by atoms with van der Waals surface area (Å²) in [5.74, 6) is -0.113. The molecule has 0 heterocycles. The number of anilines is 1. The number of hydrogen-bond donors (Lipinski definition) is 2. The third kappa shape index (κ3) is 1.48. The maximum Gasteiger partial charge on any atom is 0.293 e. The lowest BCUT2D eigenvalue weighted by molar-refractivity contribution is -0.384. The van der Waals surface area contributed by atoms with Gasteiger partial charge in [0.05, 0.1) is 9.40 Å². The van der Waals surface area contributed by atoms with E-state index in [4.69, 9.17) is 10.8 Å². The third-order valence-corrected chi connectivity index (χ3v) is 1.93. The van der Waals surface area contributed by atoms with E-state index in [2.05, 4.69) is 15.9 Å². The number of phenolic OH excluding ortho intramolecular Hbond substituents is 1. The van der Waals surface area contributed by atoms with Crippen LogP contribution >= 0.6 is 15.9 Å². The van der Waals surface area contributed by atoms with Crippen LogP contribution in [0.15, 0.2) is 16.6 Å². The maximum absolute atomic E-state index is 10.3. The van der Waals surface area contributed by atoms with Crippen molar-refractivity contribution in [3.05, 3.63) is 26.7 Å². The van der Waals surface area contributed by atoms with Gasteiger partial charge < -0.3 is 10.8 Å². The Balaban J connectivity index is 3.33. The van der Waals surface area contributed by atoms with Crippen molar-refractivity contribution < 1.29 is 10.0 Å². The molecule has 1 aromatic rings. The molecule has 0 spiro atoms. The van der Waals surface area contributed by atoms with Crippen LogP contribution in [0.5, 0.6) is 5.75 Å². The second-order valence-electron chi connectivity index (χ2n) is 2.12. The minimum Gasteiger partial charge on any atom is -0.507 e. The van der Waals surface area contributed by atoms with Crippen molar-refractivity contribution >= 4 is 27.3 Å². The molecule has 0 atom stereocenters. The Bertz CT molecular complexity index is 340. The van der Waals surface area contributed by atoms with Crippen molar-refractivity contribution in [2.75, 3.05) is 5.73 Å². The van der Waals surface area contributed by atoms with Gasteiger partial charge in [0.2, 0.25) is 0 Å². The van der Waals surface area contributed by atoms with Crippen molar-refractivity contribution in [1.82, 2.24) is 0 Å². The van der Waals surface area contributed by atoms with Crippen LogP contribution in [0, 0.1) is 10.1 Å². The summed E-state index contributed by atoms with van der Waals surface area (Å²) in [6, 6.07) is 2.28. The molecule has 12 heavy (non-hydrogen) atoms. The zero-order chi connectivity index (χ0) is 9.30. The van der Waals surface area contributed by atoms with E-state index in [-0.39, 0.29) is 21.6 Å². The van der Waals surface area contributed by atoms with Gasteiger partial charge in [-0.2, -0.15) is 0 Å². The lowest BCUT2D eigenvalue weighted by Gasteiger charge is -1.99. The lowest BCUT2D eigenvalue weighted by atomic mass is 10.2. The fourth-order valence-electron chi connectivity index (χ4n) is 0.726. The molecule has 1 aromatic carbocycles. The summed E-state index contributed by atoms with van der Waals surface area (Å²) in [5, 5.41) is 19.4. The van der Waals surface area contributed by atoms with Gasteiger partial charge in [-0.3, -0.25) is 10.1 Å². The Labute approximate surface area is 76.1 Å². The Morgan fingerprint density at radius 2 is 2.17 bits per heavy atom. The molecule has 0 amide bonds. The van der Waals surface area contributed by atoms with Crippen molar-refractivity contribution in [3.8, 4) is 5.75 Å². The molecule has 3 N–H and O–H groups in total. The quantitative estimate of drug-likeness (QED) is 0.438. The van der Waals surface area contributed by atoms with Gasteiger partial charge in [0.1, 0.15) is 11.4 Å². The fourth-order valence-corrected chi connectivity index (χ4v) is 1.06. The topological polar surface area (TPSA) is 89.4 Å². The number of nitrogens with zero attached hydrogens (tertiary/aromatic N) is 1. The van der Waals surface area contributed by atoms with Crippen LogP contribution in [0.4, 0.5) is 11.4 Å². The fraction of sp³-hybridized carbons (Fsp3) is 0. The number of nitro benzene ring substituents is 1. The predicted molar refractivity (Wildman–Crippen MR) is 46.9 cm³/mol. The zero-order valence-corrected chi connectivity index (χ0v) is 7.41. The molecule has 0 saturated heterocycles. The van der Waals surface area contributed by atoms with E-state index in [1.165, 1.54) is 0 Å². The summed E-state index contributed by atoms with van der Waals surface area (Å²) in [7, 11) is 0. The number of rotatable bonds is 1. The van der Waals surface area contributed by atoms with E-state index in [0.29, 0.717) is 0 Å². The summed E-state index contributed by atoms with van der Waals surface area (Å²) in [5.41, 5.74) is 4.99. The van der Waals surface area contributed by atoms with E-state index in [0.717, 1.165) is 12.1 Å². The number of nitro groups is 1. The minimum absolute atomic E-state index is 0.0549. The van der Waals surface area contributed by atoms with E-state index in [1.54, 1.807) is 0 Å². The van der Waals surface area contributed by atoms with Crippen molar-refractivity contribution in [2.45, 2.75) is 0 Å². The monoisotopic (exact) mass is 232 g/mol. The molecule has 0 unspecified atom stereocenters. The Hall–Kier alpha value is -1.30. The number of phenols is 1. The normalized spacial score (nSPS) is 9.75. The molecule has 0 aliphatic rings. The Morgan fingerprint density at radius 1 is 1.58 bits per heavy atom. The van der Waals surface area contributed by atoms with Gasteiger partial charge in [0.25, 0.3) is 5.69 Å². The summed E-state index contributed by atoms with van der Waals surface area (Å²) in [6.07, 6.45) is 0. The van der Waals surface area contributed by atoms with Crippen molar-refractivity contribution in [1.29, 1.82) is 0 Å². The third-order valence-electron chi connectivity index (χ3n) is 1.29. The number of nitrogen functional groups attached to an aromatic ring is 1. The molecule has 0 aliphatic carbocycles. The predicted octanol–water partition coefficient (Wildman–Crippen LogP) is 1.65. The van der Waals surface area contributed by atoms with E-state index < -0.39 is 4.92 Å². The van der Waals surface area contributed by atoms with Crippen LogP contribution < -0.4 is 5.73 Å². The molecule has 0 aliphatic heterocycles. The van der Waals surface area contributed by atoms with E-state index >= 15 is 0 Å². The number of aromatic hydroxyl groups is 1. The average Bonchev–Trinajstić information content (AvgIpc) is 1.96. The molecule has 0 fully saturated rings. The lowest BCUT2D eigenvalue weighted by Crippen LogP contribution is -1.95. The summed E-state index contributed by atoms with van der Waals surface area (Å²) in [4.78, 5) is 9.70. The molecule has 0 bridgehead atoms. The molecule has 64 valence electrons. The standard InChI is InChI=1S/C6H5BrN2O3/c7-3-1-5(9(11)12)4(8)2-6(3)10/h1-2,10H,8H2. The Kier molecular flexibility index (Phi) is 2.18. The van der Waals surface area contributed by atoms with Crippen LogP contribution in [0.1, 0.15) is 0 Å². The summed E-state index contributed by atoms with van der Waals surface area (Å²) < 4.78 is 0.253. The van der Waals surface area contributed by atoms with Crippen molar-refractivity contribution in [2.24, 2.45) is 0 Å². The van der Waals surface area contributed by atoms with Gasteiger partial charge in [-0.25, -0.2) is 0 Å². The smallest absolute Gasteiger partial charge is 0.293 e. The van der Waals surface area contributed by atoms with E-state index in [9.17, 15) is 10.1 Å². The highest BCUT2D eigenvalue weighted by Crippen LogP contribution is 2.32. The van der Waals surface area contributed by atoms with Crippen LogP contribution in [-0.4, -0.2) is 10.0 Å². The van der Waals surface area contributed by atoms with Gasteiger partial charge in [0.15, 0.2) is 0 Å². The molecule has 0 aromatic heterocycles. The van der Waals surface area contributed by atoms with Crippen molar-refractivity contribution in [3.63, 3.8) is 0 Å². The number of hydrogen-bond acceptors (Lipinski definition) is 4. The van der Waals surface area contributed by atoms with Crippen LogP contribution in [0.2, 0.25) is 0 Å². The second-order valence-corrected chi connectivity index (χ2v) is 2.97. The first kappa shape index (κ1) is 8.79. The largest absolute Gasteiger partial charge is 0.507 e. The first-order valence-electron chi connectivity index (χ1n) is 2.94. The number of halogens is 1. The molecular formula is C6H5BrN2O3. The molecule has 6 heteroatoms. The van der Waals surface area contributed by atoms with Gasteiger partial charge in [-0.1, -0.05) is 0 Å². The second kappa shape index (κ2) is 2.98. The zero-order valence-electron chi connectivity index (χ0n) is 5.82.